The molecule has 0 spiro atoms. The average Bonchev–Trinajstić information content (AvgIpc) is 2.47. The van der Waals surface area contributed by atoms with Gasteiger partial charge in [0.05, 0.1) is 12.8 Å². The minimum absolute atomic E-state index is 0.262. The second-order valence-corrected chi connectivity index (χ2v) is 4.38. The lowest BCUT2D eigenvalue weighted by atomic mass is 10.0. The van der Waals surface area contributed by atoms with E-state index < -0.39 is 17.7 Å². The molecule has 106 valence electrons. The van der Waals surface area contributed by atoms with Crippen molar-refractivity contribution in [1.29, 1.82) is 0 Å². The minimum atomic E-state index is -1.08. The molecular weight excluding hydrogens is 264 g/mol. The quantitative estimate of drug-likeness (QED) is 0.913. The Morgan fingerprint density at radius 2 is 1.95 bits per heavy atom. The van der Waals surface area contributed by atoms with Crippen molar-refractivity contribution >= 4 is 0 Å². The Bertz CT molecular complexity index is 590. The molecule has 0 saturated heterocycles. The van der Waals surface area contributed by atoms with Crippen molar-refractivity contribution in [3.05, 3.63) is 59.4 Å². The molecule has 0 amide bonds. The van der Waals surface area contributed by atoms with E-state index in [1.807, 2.05) is 6.92 Å². The molecule has 0 fully saturated rings. The number of aliphatic hydroxyl groups is 1. The van der Waals surface area contributed by atoms with E-state index in [2.05, 4.69) is 4.98 Å². The van der Waals surface area contributed by atoms with Crippen LogP contribution in [0.3, 0.4) is 0 Å². The van der Waals surface area contributed by atoms with Crippen LogP contribution in [0.5, 0.6) is 5.75 Å². The zero-order chi connectivity index (χ0) is 14.5. The fraction of sp³-hybridized carbons (Fsp3) is 0.267. The van der Waals surface area contributed by atoms with Gasteiger partial charge in [-0.15, -0.1) is 0 Å². The standard InChI is InChI=1S/C15H15F2NO2/c1-2-5-20-12-6-11(8-18-9-12)15(19)10-3-4-13(16)14(17)7-10/h3-4,6-9,15,19H,2,5H2,1H3. The van der Waals surface area contributed by atoms with Crippen LogP contribution in [0, 0.1) is 11.6 Å². The van der Waals surface area contributed by atoms with Crippen LogP contribution in [0.15, 0.2) is 36.7 Å². The molecule has 2 rings (SSSR count). The number of halogens is 2. The number of benzene rings is 1. The molecule has 20 heavy (non-hydrogen) atoms. The van der Waals surface area contributed by atoms with E-state index in [0.29, 0.717) is 17.9 Å². The molecule has 1 unspecified atom stereocenters. The molecule has 1 heterocycles. The lowest BCUT2D eigenvalue weighted by molar-refractivity contribution is 0.218. The Balaban J connectivity index is 2.23. The molecule has 1 atom stereocenters. The van der Waals surface area contributed by atoms with Gasteiger partial charge in [0.1, 0.15) is 11.9 Å². The van der Waals surface area contributed by atoms with Gasteiger partial charge in [-0.3, -0.25) is 4.98 Å². The molecule has 3 nitrogen and oxygen atoms in total. The fourth-order valence-corrected chi connectivity index (χ4v) is 1.76. The molecule has 0 aliphatic heterocycles. The molecule has 1 aromatic heterocycles. The summed E-state index contributed by atoms with van der Waals surface area (Å²) in [5.74, 6) is -1.40. The summed E-state index contributed by atoms with van der Waals surface area (Å²) in [6, 6.07) is 4.93. The second-order valence-electron chi connectivity index (χ2n) is 4.38. The normalized spacial score (nSPS) is 12.2. The van der Waals surface area contributed by atoms with Crippen LogP contribution in [-0.2, 0) is 0 Å². The summed E-state index contributed by atoms with van der Waals surface area (Å²) in [5.41, 5.74) is 0.725. The molecule has 0 aliphatic rings. The highest BCUT2D eigenvalue weighted by Crippen LogP contribution is 2.25. The maximum Gasteiger partial charge on any atom is 0.159 e. The van der Waals surface area contributed by atoms with E-state index in [4.69, 9.17) is 4.74 Å². The van der Waals surface area contributed by atoms with Crippen LogP contribution in [-0.4, -0.2) is 16.7 Å². The minimum Gasteiger partial charge on any atom is -0.492 e. The smallest absolute Gasteiger partial charge is 0.159 e. The van der Waals surface area contributed by atoms with Gasteiger partial charge in [0.15, 0.2) is 11.6 Å². The number of ether oxygens (including phenoxy) is 1. The Kier molecular flexibility index (Phi) is 4.63. The van der Waals surface area contributed by atoms with E-state index in [-0.39, 0.29) is 5.56 Å². The van der Waals surface area contributed by atoms with Crippen molar-refractivity contribution in [2.24, 2.45) is 0 Å². The van der Waals surface area contributed by atoms with Gasteiger partial charge < -0.3 is 9.84 Å². The number of hydrogen-bond donors (Lipinski definition) is 1. The van der Waals surface area contributed by atoms with Crippen LogP contribution >= 0.6 is 0 Å². The Morgan fingerprint density at radius 1 is 1.15 bits per heavy atom. The number of rotatable bonds is 5. The molecule has 2 aromatic rings. The molecule has 0 saturated carbocycles. The predicted molar refractivity (Wildman–Crippen MR) is 70.4 cm³/mol. The molecule has 0 bridgehead atoms. The van der Waals surface area contributed by atoms with Gasteiger partial charge in [0, 0.05) is 11.8 Å². The first-order chi connectivity index (χ1) is 9.61. The number of aromatic nitrogens is 1. The third-order valence-corrected chi connectivity index (χ3v) is 2.78. The van der Waals surface area contributed by atoms with E-state index in [9.17, 15) is 13.9 Å². The first-order valence-corrected chi connectivity index (χ1v) is 6.32. The van der Waals surface area contributed by atoms with E-state index in [1.165, 1.54) is 18.5 Å². The predicted octanol–water partition coefficient (Wildman–Crippen LogP) is 3.23. The van der Waals surface area contributed by atoms with Crippen molar-refractivity contribution < 1.29 is 18.6 Å². The van der Waals surface area contributed by atoms with Crippen LogP contribution in [0.2, 0.25) is 0 Å². The van der Waals surface area contributed by atoms with Crippen molar-refractivity contribution in [3.8, 4) is 5.75 Å². The molecule has 0 radical (unpaired) electrons. The summed E-state index contributed by atoms with van der Waals surface area (Å²) in [7, 11) is 0. The van der Waals surface area contributed by atoms with Gasteiger partial charge in [0.2, 0.25) is 0 Å². The third-order valence-electron chi connectivity index (χ3n) is 2.78. The van der Waals surface area contributed by atoms with Crippen LogP contribution in [0.4, 0.5) is 8.78 Å². The monoisotopic (exact) mass is 279 g/mol. The number of nitrogens with zero attached hydrogens (tertiary/aromatic N) is 1. The highest BCUT2D eigenvalue weighted by Gasteiger charge is 2.14. The summed E-state index contributed by atoms with van der Waals surface area (Å²) >= 11 is 0. The van der Waals surface area contributed by atoms with Gasteiger partial charge in [0.25, 0.3) is 0 Å². The molecular formula is C15H15F2NO2. The lowest BCUT2D eigenvalue weighted by Gasteiger charge is -2.13. The third kappa shape index (κ3) is 3.30. The highest BCUT2D eigenvalue weighted by atomic mass is 19.2. The lowest BCUT2D eigenvalue weighted by Crippen LogP contribution is -2.03. The zero-order valence-corrected chi connectivity index (χ0v) is 11.0. The Hall–Kier alpha value is -2.01. The topological polar surface area (TPSA) is 42.4 Å². The summed E-state index contributed by atoms with van der Waals surface area (Å²) in [6.07, 6.45) is 2.78. The molecule has 0 aliphatic carbocycles. The van der Waals surface area contributed by atoms with Gasteiger partial charge in [-0.05, 0) is 30.2 Å². The summed E-state index contributed by atoms with van der Waals surface area (Å²) in [5, 5.41) is 10.2. The maximum atomic E-state index is 13.2. The van der Waals surface area contributed by atoms with E-state index >= 15 is 0 Å². The van der Waals surface area contributed by atoms with Crippen molar-refractivity contribution in [2.75, 3.05) is 6.61 Å². The van der Waals surface area contributed by atoms with E-state index in [1.54, 1.807) is 6.07 Å². The fourth-order valence-electron chi connectivity index (χ4n) is 1.76. The highest BCUT2D eigenvalue weighted by molar-refractivity contribution is 5.32. The number of aliphatic hydroxyl groups excluding tert-OH is 1. The first kappa shape index (κ1) is 14.4. The number of pyridine rings is 1. The van der Waals surface area contributed by atoms with Gasteiger partial charge in [-0.25, -0.2) is 8.78 Å². The first-order valence-electron chi connectivity index (χ1n) is 6.32. The zero-order valence-electron chi connectivity index (χ0n) is 11.0. The SMILES string of the molecule is CCCOc1cncc(C(O)c2ccc(F)c(F)c2)c1. The Labute approximate surface area is 115 Å². The molecule has 5 heteroatoms. The van der Waals surface area contributed by atoms with E-state index in [0.717, 1.165) is 18.6 Å². The summed E-state index contributed by atoms with van der Waals surface area (Å²) < 4.78 is 31.5. The van der Waals surface area contributed by atoms with Gasteiger partial charge >= 0.3 is 0 Å². The summed E-state index contributed by atoms with van der Waals surface area (Å²) in [6.45, 7) is 2.53. The van der Waals surface area contributed by atoms with Crippen LogP contribution < -0.4 is 4.74 Å². The van der Waals surface area contributed by atoms with Crippen molar-refractivity contribution in [1.82, 2.24) is 4.98 Å². The average molecular weight is 279 g/mol. The van der Waals surface area contributed by atoms with Crippen LogP contribution in [0.25, 0.3) is 0 Å². The molecule has 1 aromatic carbocycles. The molecule has 1 N–H and O–H groups in total. The van der Waals surface area contributed by atoms with Crippen molar-refractivity contribution in [3.63, 3.8) is 0 Å². The number of hydrogen-bond acceptors (Lipinski definition) is 3. The van der Waals surface area contributed by atoms with Crippen molar-refractivity contribution in [2.45, 2.75) is 19.4 Å². The second kappa shape index (κ2) is 6.43. The largest absolute Gasteiger partial charge is 0.492 e. The van der Waals surface area contributed by atoms with Crippen LogP contribution in [0.1, 0.15) is 30.6 Å². The maximum absolute atomic E-state index is 13.2. The summed E-state index contributed by atoms with van der Waals surface area (Å²) in [4.78, 5) is 3.97. The van der Waals surface area contributed by atoms with Gasteiger partial charge in [-0.2, -0.15) is 0 Å². The Morgan fingerprint density at radius 3 is 2.65 bits per heavy atom. The van der Waals surface area contributed by atoms with Gasteiger partial charge in [-0.1, -0.05) is 13.0 Å².